The standard InChI is InChI=1S/C35H42F3N7O4S/c1-34(2,35(36,37)38)24-49-30-17-19-45(42-30)33-32-27-14-7-6-13-26(27)12-5-3-4-8-18-44(22-25-11-10-20-48-23-25)29-15-9-16-31(41-29)50(46,47)43-28(40-32)21-39-33/h6-7,9,13-17,19,21,25H,3-5,8,10-12,18,20,22-24H2,1-2H3,(H,40,43). The molecule has 2 aliphatic heterocycles. The Morgan fingerprint density at radius 1 is 1.00 bits per heavy atom. The number of hydrogen-bond acceptors (Lipinski definition) is 9. The summed E-state index contributed by atoms with van der Waals surface area (Å²) in [4.78, 5) is 16.1. The molecule has 1 atom stereocenters. The Kier molecular flexibility index (Phi) is 10.6. The van der Waals surface area contributed by atoms with Gasteiger partial charge in [0.15, 0.2) is 16.7 Å². The molecule has 1 unspecified atom stereocenters. The van der Waals surface area contributed by atoms with Crippen molar-refractivity contribution in [3.05, 3.63) is 66.5 Å². The number of ether oxygens (including phenoxy) is 2. The van der Waals surface area contributed by atoms with Crippen LogP contribution in [0.1, 0.15) is 57.9 Å². The number of benzene rings is 1. The molecule has 1 saturated heterocycles. The van der Waals surface area contributed by atoms with Crippen LogP contribution in [0.25, 0.3) is 17.1 Å². The van der Waals surface area contributed by atoms with Crippen LogP contribution in [-0.4, -0.2) is 72.2 Å². The molecular formula is C35H42F3N7O4S. The fraction of sp³-hybridized carbons (Fsp3) is 0.486. The molecule has 3 aromatic heterocycles. The molecule has 0 saturated carbocycles. The topological polar surface area (TPSA) is 124 Å². The molecule has 50 heavy (non-hydrogen) atoms. The monoisotopic (exact) mass is 713 g/mol. The fourth-order valence-electron chi connectivity index (χ4n) is 6.04. The van der Waals surface area contributed by atoms with Gasteiger partial charge in [-0.05, 0) is 69.6 Å². The molecule has 1 aromatic carbocycles. The number of aryl methyl sites for hydroxylation is 1. The lowest BCUT2D eigenvalue weighted by Crippen LogP contribution is -2.37. The number of anilines is 2. The van der Waals surface area contributed by atoms with E-state index in [9.17, 15) is 21.6 Å². The average molecular weight is 714 g/mol. The lowest BCUT2D eigenvalue weighted by Gasteiger charge is -2.31. The number of nitrogens with one attached hydrogen (secondary N) is 1. The Labute approximate surface area is 290 Å². The van der Waals surface area contributed by atoms with Gasteiger partial charge in [0, 0.05) is 37.5 Å². The van der Waals surface area contributed by atoms with Crippen LogP contribution in [0.15, 0.2) is 66.0 Å². The second kappa shape index (κ2) is 14.9. The van der Waals surface area contributed by atoms with Crippen LogP contribution in [0.2, 0.25) is 0 Å². The summed E-state index contributed by atoms with van der Waals surface area (Å²) in [6, 6.07) is 14.1. The van der Waals surface area contributed by atoms with Crippen LogP contribution in [0, 0.1) is 11.3 Å². The predicted octanol–water partition coefficient (Wildman–Crippen LogP) is 6.84. The van der Waals surface area contributed by atoms with Crippen LogP contribution in [-0.2, 0) is 21.2 Å². The van der Waals surface area contributed by atoms with E-state index in [1.54, 1.807) is 6.07 Å². The number of halogens is 3. The summed E-state index contributed by atoms with van der Waals surface area (Å²) in [6.07, 6.45) is 4.97. The van der Waals surface area contributed by atoms with Crippen molar-refractivity contribution in [3.8, 4) is 23.0 Å². The van der Waals surface area contributed by atoms with Crippen LogP contribution < -0.4 is 14.4 Å². The molecule has 0 aliphatic carbocycles. The maximum atomic E-state index is 13.7. The van der Waals surface area contributed by atoms with Crippen molar-refractivity contribution < 1.29 is 31.1 Å². The van der Waals surface area contributed by atoms with Crippen molar-refractivity contribution in [1.82, 2.24) is 24.7 Å². The van der Waals surface area contributed by atoms with Crippen molar-refractivity contribution in [2.24, 2.45) is 11.3 Å². The molecule has 4 bridgehead atoms. The van der Waals surface area contributed by atoms with Gasteiger partial charge in [0.05, 0.1) is 18.2 Å². The zero-order valence-electron chi connectivity index (χ0n) is 28.2. The van der Waals surface area contributed by atoms with E-state index in [4.69, 9.17) is 14.5 Å². The highest BCUT2D eigenvalue weighted by atomic mass is 32.2. The minimum Gasteiger partial charge on any atom is -0.476 e. The van der Waals surface area contributed by atoms with Crippen molar-refractivity contribution in [3.63, 3.8) is 0 Å². The number of pyridine rings is 1. The van der Waals surface area contributed by atoms with Gasteiger partial charge in [-0.3, -0.25) is 4.72 Å². The van der Waals surface area contributed by atoms with Gasteiger partial charge in [-0.25, -0.2) is 19.6 Å². The highest BCUT2D eigenvalue weighted by Crippen LogP contribution is 2.38. The quantitative estimate of drug-likeness (QED) is 0.229. The highest BCUT2D eigenvalue weighted by Gasteiger charge is 2.48. The Morgan fingerprint density at radius 3 is 2.62 bits per heavy atom. The summed E-state index contributed by atoms with van der Waals surface area (Å²) in [7, 11) is -4.18. The first-order chi connectivity index (χ1) is 23.9. The number of fused-ring (bicyclic) bond motifs is 6. The van der Waals surface area contributed by atoms with Gasteiger partial charge in [-0.2, -0.15) is 21.6 Å². The van der Waals surface area contributed by atoms with E-state index in [2.05, 4.69) is 24.7 Å². The van der Waals surface area contributed by atoms with Gasteiger partial charge in [0.25, 0.3) is 10.0 Å². The molecule has 5 heterocycles. The van der Waals surface area contributed by atoms with Gasteiger partial charge in [-0.15, -0.1) is 5.10 Å². The number of rotatable bonds is 6. The van der Waals surface area contributed by atoms with Crippen molar-refractivity contribution in [1.29, 1.82) is 0 Å². The average Bonchev–Trinajstić information content (AvgIpc) is 3.57. The first-order valence-corrected chi connectivity index (χ1v) is 18.4. The zero-order valence-corrected chi connectivity index (χ0v) is 29.0. The van der Waals surface area contributed by atoms with Gasteiger partial charge >= 0.3 is 6.18 Å². The predicted molar refractivity (Wildman–Crippen MR) is 183 cm³/mol. The third-order valence-corrected chi connectivity index (χ3v) is 10.3. The largest absolute Gasteiger partial charge is 0.476 e. The van der Waals surface area contributed by atoms with Crippen LogP contribution in [0.4, 0.5) is 24.8 Å². The first kappa shape index (κ1) is 35.6. The first-order valence-electron chi connectivity index (χ1n) is 16.9. The zero-order chi connectivity index (χ0) is 35.4. The molecule has 11 nitrogen and oxygen atoms in total. The molecule has 1 N–H and O–H groups in total. The molecule has 0 spiro atoms. The normalized spacial score (nSPS) is 18.8. The van der Waals surface area contributed by atoms with E-state index in [1.165, 1.54) is 29.2 Å². The van der Waals surface area contributed by atoms with E-state index in [-0.39, 0.29) is 22.5 Å². The summed E-state index contributed by atoms with van der Waals surface area (Å²) in [5.41, 5.74) is -0.0126. The smallest absolute Gasteiger partial charge is 0.397 e. The van der Waals surface area contributed by atoms with E-state index >= 15 is 0 Å². The molecule has 6 rings (SSSR count). The summed E-state index contributed by atoms with van der Waals surface area (Å²) in [6.45, 7) is 4.41. The van der Waals surface area contributed by atoms with Gasteiger partial charge in [0.2, 0.25) is 5.88 Å². The lowest BCUT2D eigenvalue weighted by molar-refractivity contribution is -0.219. The lowest BCUT2D eigenvalue weighted by atomic mass is 9.94. The minimum atomic E-state index is -4.46. The van der Waals surface area contributed by atoms with E-state index in [0.29, 0.717) is 24.0 Å². The summed E-state index contributed by atoms with van der Waals surface area (Å²) >= 11 is 0. The van der Waals surface area contributed by atoms with Crippen molar-refractivity contribution in [2.45, 2.75) is 70.0 Å². The van der Waals surface area contributed by atoms with Crippen LogP contribution >= 0.6 is 0 Å². The minimum absolute atomic E-state index is 0.0188. The molecule has 2 aliphatic rings. The molecule has 1 fully saturated rings. The van der Waals surface area contributed by atoms with E-state index in [1.807, 2.05) is 30.3 Å². The fourth-order valence-corrected chi connectivity index (χ4v) is 6.99. The Balaban J connectivity index is 1.35. The number of alkyl halides is 3. The number of nitrogens with zero attached hydrogens (tertiary/aromatic N) is 6. The number of hydrogen-bond donors (Lipinski definition) is 1. The van der Waals surface area contributed by atoms with Gasteiger partial charge < -0.3 is 14.4 Å². The molecule has 15 heteroatoms. The molecular weight excluding hydrogens is 671 g/mol. The van der Waals surface area contributed by atoms with E-state index < -0.39 is 28.2 Å². The van der Waals surface area contributed by atoms with E-state index in [0.717, 1.165) is 89.6 Å². The van der Waals surface area contributed by atoms with Crippen LogP contribution in [0.5, 0.6) is 5.88 Å². The molecule has 0 amide bonds. The van der Waals surface area contributed by atoms with Crippen molar-refractivity contribution in [2.75, 3.05) is 42.5 Å². The number of sulfonamides is 1. The maximum Gasteiger partial charge on any atom is 0.397 e. The van der Waals surface area contributed by atoms with Gasteiger partial charge in [0.1, 0.15) is 18.1 Å². The Bertz CT molecular complexity index is 1880. The highest BCUT2D eigenvalue weighted by molar-refractivity contribution is 7.92. The third-order valence-electron chi connectivity index (χ3n) is 9.06. The second-order valence-corrected chi connectivity index (χ2v) is 15.1. The van der Waals surface area contributed by atoms with Gasteiger partial charge in [-0.1, -0.05) is 43.2 Å². The molecule has 4 aromatic rings. The number of aromatic nitrogens is 5. The summed E-state index contributed by atoms with van der Waals surface area (Å²) in [5, 5.41) is 4.20. The van der Waals surface area contributed by atoms with Crippen LogP contribution in [0.3, 0.4) is 0 Å². The molecule has 0 radical (unpaired) electrons. The third kappa shape index (κ3) is 8.37. The Hall–Kier alpha value is -4.24. The summed E-state index contributed by atoms with van der Waals surface area (Å²) in [5.74, 6) is 1.14. The van der Waals surface area contributed by atoms with Crippen molar-refractivity contribution >= 4 is 21.7 Å². The summed E-state index contributed by atoms with van der Waals surface area (Å²) < 4.78 is 82.9. The molecule has 268 valence electrons. The maximum absolute atomic E-state index is 13.7. The Morgan fingerprint density at radius 2 is 1.82 bits per heavy atom. The second-order valence-electron chi connectivity index (χ2n) is 13.5. The SMILES string of the molecule is CC(C)(COc1ccn(-c2ncc3nc2-c2ccccc2CCCCCCN(CC2CCCOC2)c2cccc(n2)S(=O)(=O)N3)n1)C(F)(F)F.